The monoisotopic (exact) mass is 244 g/mol. The number of carbonyl (C=O) groups is 2. The van der Waals surface area contributed by atoms with E-state index >= 15 is 0 Å². The summed E-state index contributed by atoms with van der Waals surface area (Å²) in [5.74, 6) is 0.203. The molecule has 0 unspecified atom stereocenters. The lowest BCUT2D eigenvalue weighted by Gasteiger charge is -2.28. The molecule has 0 fully saturated rings. The summed E-state index contributed by atoms with van der Waals surface area (Å²) in [4.78, 5) is 24.9. The highest BCUT2D eigenvalue weighted by Crippen LogP contribution is 2.33. The highest BCUT2D eigenvalue weighted by atomic mass is 16.5. The van der Waals surface area contributed by atoms with E-state index < -0.39 is 0 Å². The molecule has 1 heterocycles. The zero-order valence-corrected chi connectivity index (χ0v) is 9.97. The molecule has 0 aromatic heterocycles. The van der Waals surface area contributed by atoms with Gasteiger partial charge in [0, 0.05) is 12.1 Å². The average Bonchev–Trinajstić information content (AvgIpc) is 2.38. The van der Waals surface area contributed by atoms with E-state index in [0.717, 1.165) is 0 Å². The number of hydrogen-bond donors (Lipinski definition) is 0. The molecule has 0 saturated heterocycles. The summed E-state index contributed by atoms with van der Waals surface area (Å²) >= 11 is 0. The SMILES string of the molecule is CCN1C(=O)COc2ccc(C(=O)CC#N)cc21. The topological polar surface area (TPSA) is 70.4 Å². The number of ketones is 1. The summed E-state index contributed by atoms with van der Waals surface area (Å²) in [6, 6.07) is 6.70. The molecular weight excluding hydrogens is 232 g/mol. The Morgan fingerprint density at radius 3 is 3.00 bits per heavy atom. The predicted molar refractivity (Wildman–Crippen MR) is 64.5 cm³/mol. The van der Waals surface area contributed by atoms with Gasteiger partial charge in [0.2, 0.25) is 0 Å². The van der Waals surface area contributed by atoms with Gasteiger partial charge in [0.05, 0.1) is 18.2 Å². The van der Waals surface area contributed by atoms with E-state index in [4.69, 9.17) is 10.00 Å². The van der Waals surface area contributed by atoms with Gasteiger partial charge >= 0.3 is 0 Å². The molecular formula is C13H12N2O3. The molecule has 5 nitrogen and oxygen atoms in total. The molecule has 1 aliphatic heterocycles. The summed E-state index contributed by atoms with van der Waals surface area (Å²) in [5.41, 5.74) is 1.02. The summed E-state index contributed by atoms with van der Waals surface area (Å²) < 4.78 is 5.29. The third-order valence-corrected chi connectivity index (χ3v) is 2.78. The normalized spacial score (nSPS) is 13.6. The van der Waals surface area contributed by atoms with Crippen molar-refractivity contribution in [1.82, 2.24) is 0 Å². The zero-order valence-electron chi connectivity index (χ0n) is 9.97. The van der Waals surface area contributed by atoms with E-state index in [-0.39, 0.29) is 24.7 Å². The maximum Gasteiger partial charge on any atom is 0.265 e. The number of ether oxygens (including phenoxy) is 1. The van der Waals surface area contributed by atoms with Crippen LogP contribution in [0.4, 0.5) is 5.69 Å². The third kappa shape index (κ3) is 2.05. The van der Waals surface area contributed by atoms with Crippen LogP contribution in [-0.4, -0.2) is 24.8 Å². The Morgan fingerprint density at radius 2 is 2.33 bits per heavy atom. The Kier molecular flexibility index (Phi) is 3.28. The second kappa shape index (κ2) is 4.88. The molecule has 0 spiro atoms. The van der Waals surface area contributed by atoms with Crippen LogP contribution in [0.25, 0.3) is 0 Å². The van der Waals surface area contributed by atoms with Crippen molar-refractivity contribution >= 4 is 17.4 Å². The minimum absolute atomic E-state index is 0.0202. The van der Waals surface area contributed by atoms with Crippen molar-refractivity contribution < 1.29 is 14.3 Å². The van der Waals surface area contributed by atoms with E-state index in [1.165, 1.54) is 0 Å². The maximum absolute atomic E-state index is 11.7. The summed E-state index contributed by atoms with van der Waals surface area (Å²) in [5, 5.41) is 8.52. The smallest absolute Gasteiger partial charge is 0.265 e. The number of hydrogen-bond acceptors (Lipinski definition) is 4. The minimum Gasteiger partial charge on any atom is -0.482 e. The van der Waals surface area contributed by atoms with Gasteiger partial charge in [-0.2, -0.15) is 5.26 Å². The van der Waals surface area contributed by atoms with Crippen LogP contribution in [0.1, 0.15) is 23.7 Å². The Bertz CT molecular complexity index is 546. The van der Waals surface area contributed by atoms with Gasteiger partial charge in [0.25, 0.3) is 5.91 Å². The second-order valence-corrected chi connectivity index (χ2v) is 3.87. The average molecular weight is 244 g/mol. The van der Waals surface area contributed by atoms with Crippen molar-refractivity contribution in [2.75, 3.05) is 18.1 Å². The van der Waals surface area contributed by atoms with Gasteiger partial charge in [-0.05, 0) is 25.1 Å². The van der Waals surface area contributed by atoms with Gasteiger partial charge in [0.1, 0.15) is 5.75 Å². The number of anilines is 1. The number of benzene rings is 1. The minimum atomic E-state index is -0.255. The van der Waals surface area contributed by atoms with E-state index in [9.17, 15) is 9.59 Å². The van der Waals surface area contributed by atoms with Gasteiger partial charge in [-0.3, -0.25) is 9.59 Å². The van der Waals surface area contributed by atoms with E-state index in [1.807, 2.05) is 13.0 Å². The lowest BCUT2D eigenvalue weighted by Crippen LogP contribution is -2.38. The molecule has 0 aliphatic carbocycles. The van der Waals surface area contributed by atoms with Crippen molar-refractivity contribution in [2.24, 2.45) is 0 Å². The Balaban J connectivity index is 2.41. The number of amides is 1. The summed E-state index contributed by atoms with van der Waals surface area (Å²) in [6.07, 6.45) is -0.167. The molecule has 5 heteroatoms. The molecule has 0 bridgehead atoms. The maximum atomic E-state index is 11.7. The van der Waals surface area contributed by atoms with Gasteiger partial charge in [-0.1, -0.05) is 0 Å². The molecule has 18 heavy (non-hydrogen) atoms. The quantitative estimate of drug-likeness (QED) is 0.756. The molecule has 1 aromatic carbocycles. The van der Waals surface area contributed by atoms with Crippen LogP contribution < -0.4 is 9.64 Å². The number of fused-ring (bicyclic) bond motifs is 1. The zero-order chi connectivity index (χ0) is 13.1. The van der Waals surface area contributed by atoms with E-state index in [0.29, 0.717) is 23.5 Å². The Labute approximate surface area is 105 Å². The Hall–Kier alpha value is -2.35. The number of likely N-dealkylation sites (N-methyl/N-ethyl adjacent to an activating group) is 1. The number of rotatable bonds is 3. The van der Waals surface area contributed by atoms with Gasteiger partial charge in [-0.15, -0.1) is 0 Å². The molecule has 0 atom stereocenters. The fourth-order valence-corrected chi connectivity index (χ4v) is 1.90. The largest absolute Gasteiger partial charge is 0.482 e. The first-order valence-corrected chi connectivity index (χ1v) is 5.64. The van der Waals surface area contributed by atoms with Crippen molar-refractivity contribution in [3.8, 4) is 11.8 Å². The first kappa shape index (κ1) is 12.1. The van der Waals surface area contributed by atoms with E-state index in [2.05, 4.69) is 0 Å². The first-order valence-electron chi connectivity index (χ1n) is 5.64. The molecule has 92 valence electrons. The Morgan fingerprint density at radius 1 is 1.56 bits per heavy atom. The van der Waals surface area contributed by atoms with Crippen molar-refractivity contribution in [3.05, 3.63) is 23.8 Å². The van der Waals surface area contributed by atoms with Crippen LogP contribution in [0.3, 0.4) is 0 Å². The van der Waals surface area contributed by atoms with Crippen LogP contribution in [0.2, 0.25) is 0 Å². The highest BCUT2D eigenvalue weighted by molar-refractivity contribution is 6.02. The van der Waals surface area contributed by atoms with Crippen LogP contribution >= 0.6 is 0 Å². The number of nitrogens with zero attached hydrogens (tertiary/aromatic N) is 2. The number of Topliss-reactive ketones (excluding diaryl/α,β-unsaturated/α-hetero) is 1. The van der Waals surface area contributed by atoms with E-state index in [1.54, 1.807) is 23.1 Å². The molecule has 1 aromatic rings. The highest BCUT2D eigenvalue weighted by Gasteiger charge is 2.25. The fraction of sp³-hybridized carbons (Fsp3) is 0.308. The van der Waals surface area contributed by atoms with Gasteiger partial charge in [-0.25, -0.2) is 0 Å². The summed E-state index contributed by atoms with van der Waals surface area (Å²) in [7, 11) is 0. The third-order valence-electron chi connectivity index (χ3n) is 2.78. The van der Waals surface area contributed by atoms with Crippen LogP contribution in [0.5, 0.6) is 5.75 Å². The fourth-order valence-electron chi connectivity index (χ4n) is 1.90. The first-order chi connectivity index (χ1) is 8.67. The molecule has 0 radical (unpaired) electrons. The standard InChI is InChI=1S/C13H12N2O3/c1-2-15-10-7-9(11(16)5-6-14)3-4-12(10)18-8-13(15)17/h3-4,7H,2,5,8H2,1H3. The lowest BCUT2D eigenvalue weighted by molar-refractivity contribution is -0.121. The lowest BCUT2D eigenvalue weighted by atomic mass is 10.1. The second-order valence-electron chi connectivity index (χ2n) is 3.87. The van der Waals surface area contributed by atoms with Crippen LogP contribution in [-0.2, 0) is 4.79 Å². The van der Waals surface area contributed by atoms with Crippen LogP contribution in [0.15, 0.2) is 18.2 Å². The molecule has 2 rings (SSSR count). The number of nitriles is 1. The van der Waals surface area contributed by atoms with Crippen molar-refractivity contribution in [3.63, 3.8) is 0 Å². The van der Waals surface area contributed by atoms with Crippen LogP contribution in [0, 0.1) is 11.3 Å². The number of carbonyl (C=O) groups excluding carboxylic acids is 2. The molecule has 1 amide bonds. The summed E-state index contributed by atoms with van der Waals surface area (Å²) in [6.45, 7) is 2.40. The van der Waals surface area contributed by atoms with Gasteiger partial charge in [0.15, 0.2) is 12.4 Å². The molecule has 0 saturated carbocycles. The predicted octanol–water partition coefficient (Wildman–Crippen LogP) is 1.53. The van der Waals surface area contributed by atoms with Crippen molar-refractivity contribution in [1.29, 1.82) is 5.26 Å². The molecule has 1 aliphatic rings. The van der Waals surface area contributed by atoms with Crippen molar-refractivity contribution in [2.45, 2.75) is 13.3 Å². The molecule has 0 N–H and O–H groups in total. The van der Waals surface area contributed by atoms with Gasteiger partial charge < -0.3 is 9.64 Å².